The molecule has 1 aromatic carbocycles. The summed E-state index contributed by atoms with van der Waals surface area (Å²) in [6.07, 6.45) is 6.29. The molecule has 8 heteroatoms. The van der Waals surface area contributed by atoms with Crippen LogP contribution >= 0.6 is 11.6 Å². The third-order valence-electron chi connectivity index (χ3n) is 6.30. The van der Waals surface area contributed by atoms with E-state index in [1.54, 1.807) is 12.1 Å². The normalized spacial score (nSPS) is 18.8. The van der Waals surface area contributed by atoms with Crippen molar-refractivity contribution in [2.24, 2.45) is 0 Å². The number of fused-ring (bicyclic) bond motifs is 1. The first kappa shape index (κ1) is 20.6. The molecule has 33 heavy (non-hydrogen) atoms. The molecular formula is C25H23ClFN5O. The van der Waals surface area contributed by atoms with Gasteiger partial charge in [-0.15, -0.1) is 0 Å². The number of hydrogen-bond donors (Lipinski definition) is 0. The fourth-order valence-electron chi connectivity index (χ4n) is 4.38. The Morgan fingerprint density at radius 1 is 1.12 bits per heavy atom. The number of anilines is 1. The summed E-state index contributed by atoms with van der Waals surface area (Å²) >= 11 is 5.99. The lowest BCUT2D eigenvalue weighted by molar-refractivity contribution is 0.0395. The zero-order valence-corrected chi connectivity index (χ0v) is 19.0. The second-order valence-electron chi connectivity index (χ2n) is 8.76. The van der Waals surface area contributed by atoms with E-state index in [-0.39, 0.29) is 6.10 Å². The Morgan fingerprint density at radius 3 is 2.82 bits per heavy atom. The number of morpholine rings is 1. The number of hydrogen-bond acceptors (Lipinski definition) is 5. The summed E-state index contributed by atoms with van der Waals surface area (Å²) in [5.74, 6) is 0.356. The standard InChI is InChI=1S/C25H23ClFN5O/c1-15-2-6-20-22(29-15)11-24(30-25(20)19-7-3-17(26)10-21(19)27)31-8-9-33-23(14-31)16-12-28-32(13-16)18-4-5-18/h2-3,6-7,10-13,18,23H,4-5,8-9,14H2,1H3. The van der Waals surface area contributed by atoms with Crippen molar-refractivity contribution >= 4 is 28.3 Å². The zero-order chi connectivity index (χ0) is 22.5. The molecule has 0 spiro atoms. The highest BCUT2D eigenvalue weighted by Crippen LogP contribution is 2.36. The predicted octanol–water partition coefficient (Wildman–Crippen LogP) is 5.51. The summed E-state index contributed by atoms with van der Waals surface area (Å²) in [4.78, 5) is 11.8. The van der Waals surface area contributed by atoms with Crippen molar-refractivity contribution in [3.63, 3.8) is 0 Å². The van der Waals surface area contributed by atoms with Crippen LogP contribution in [0.5, 0.6) is 0 Å². The van der Waals surface area contributed by atoms with Crippen molar-refractivity contribution in [2.45, 2.75) is 31.9 Å². The van der Waals surface area contributed by atoms with Gasteiger partial charge in [0.2, 0.25) is 0 Å². The maximum absolute atomic E-state index is 14.9. The number of nitrogens with zero attached hydrogens (tertiary/aromatic N) is 5. The molecule has 1 atom stereocenters. The number of aromatic nitrogens is 4. The van der Waals surface area contributed by atoms with Gasteiger partial charge in [-0.1, -0.05) is 11.6 Å². The molecule has 1 aliphatic carbocycles. The third-order valence-corrected chi connectivity index (χ3v) is 6.54. The Hall–Kier alpha value is -3.03. The molecule has 4 heterocycles. The molecule has 1 aliphatic heterocycles. The van der Waals surface area contributed by atoms with Crippen LogP contribution in [-0.2, 0) is 4.74 Å². The van der Waals surface area contributed by atoms with Crippen molar-refractivity contribution in [2.75, 3.05) is 24.6 Å². The molecule has 4 aromatic rings. The molecule has 0 amide bonds. The first-order chi connectivity index (χ1) is 16.0. The Kier molecular flexibility index (Phi) is 5.03. The number of ether oxygens (including phenoxy) is 1. The van der Waals surface area contributed by atoms with Gasteiger partial charge in [0.15, 0.2) is 0 Å². The van der Waals surface area contributed by atoms with E-state index in [1.807, 2.05) is 36.0 Å². The lowest BCUT2D eigenvalue weighted by atomic mass is 10.0. The summed E-state index contributed by atoms with van der Waals surface area (Å²) in [6.45, 7) is 3.86. The molecule has 6 rings (SSSR count). The molecule has 1 saturated heterocycles. The molecule has 168 valence electrons. The van der Waals surface area contributed by atoms with Crippen LogP contribution in [-0.4, -0.2) is 39.4 Å². The summed E-state index contributed by atoms with van der Waals surface area (Å²) < 4.78 is 23.0. The summed E-state index contributed by atoms with van der Waals surface area (Å²) in [6, 6.07) is 11.1. The summed E-state index contributed by atoms with van der Waals surface area (Å²) in [5.41, 5.74) is 3.73. The molecule has 2 aliphatic rings. The molecule has 3 aromatic heterocycles. The van der Waals surface area contributed by atoms with Crippen LogP contribution < -0.4 is 4.90 Å². The van der Waals surface area contributed by atoms with Gasteiger partial charge in [0.05, 0.1) is 30.1 Å². The minimum atomic E-state index is -0.402. The Labute approximate surface area is 196 Å². The van der Waals surface area contributed by atoms with E-state index < -0.39 is 5.82 Å². The van der Waals surface area contributed by atoms with Gasteiger partial charge < -0.3 is 9.64 Å². The lowest BCUT2D eigenvalue weighted by Crippen LogP contribution is -2.38. The molecule has 1 unspecified atom stereocenters. The maximum Gasteiger partial charge on any atom is 0.134 e. The van der Waals surface area contributed by atoms with E-state index in [0.717, 1.165) is 28.0 Å². The summed E-state index contributed by atoms with van der Waals surface area (Å²) in [7, 11) is 0. The highest BCUT2D eigenvalue weighted by atomic mass is 35.5. The molecule has 1 saturated carbocycles. The van der Waals surface area contributed by atoms with E-state index in [9.17, 15) is 4.39 Å². The number of halogens is 2. The molecule has 0 N–H and O–H groups in total. The van der Waals surface area contributed by atoms with Crippen LogP contribution in [0.3, 0.4) is 0 Å². The third kappa shape index (κ3) is 3.96. The lowest BCUT2D eigenvalue weighted by Gasteiger charge is -2.33. The van der Waals surface area contributed by atoms with Crippen LogP contribution in [0.15, 0.2) is 48.8 Å². The van der Waals surface area contributed by atoms with E-state index in [2.05, 4.69) is 16.2 Å². The molecule has 6 nitrogen and oxygen atoms in total. The summed E-state index contributed by atoms with van der Waals surface area (Å²) in [5, 5.41) is 5.67. The number of aryl methyl sites for hydroxylation is 1. The fraction of sp³-hybridized carbons (Fsp3) is 0.320. The first-order valence-electron chi connectivity index (χ1n) is 11.2. The number of benzene rings is 1. The molecule has 2 fully saturated rings. The Bertz CT molecular complexity index is 1350. The first-order valence-corrected chi connectivity index (χ1v) is 11.6. The van der Waals surface area contributed by atoms with E-state index in [1.165, 1.54) is 18.9 Å². The van der Waals surface area contributed by atoms with Gasteiger partial charge in [-0.05, 0) is 50.1 Å². The van der Waals surface area contributed by atoms with Crippen LogP contribution in [0.1, 0.15) is 36.2 Å². The average molecular weight is 464 g/mol. The van der Waals surface area contributed by atoms with Crippen molar-refractivity contribution < 1.29 is 9.13 Å². The topological polar surface area (TPSA) is 56.1 Å². The smallest absolute Gasteiger partial charge is 0.134 e. The van der Waals surface area contributed by atoms with Crippen LogP contribution in [0, 0.1) is 12.7 Å². The van der Waals surface area contributed by atoms with Gasteiger partial charge in [0.25, 0.3) is 0 Å². The zero-order valence-electron chi connectivity index (χ0n) is 18.2. The van der Waals surface area contributed by atoms with Gasteiger partial charge in [-0.25, -0.2) is 9.37 Å². The van der Waals surface area contributed by atoms with Gasteiger partial charge in [0.1, 0.15) is 17.7 Å². The van der Waals surface area contributed by atoms with Crippen molar-refractivity contribution in [3.05, 3.63) is 70.9 Å². The highest BCUT2D eigenvalue weighted by molar-refractivity contribution is 6.30. The van der Waals surface area contributed by atoms with E-state index in [4.69, 9.17) is 26.3 Å². The Morgan fingerprint density at radius 2 is 2.00 bits per heavy atom. The largest absolute Gasteiger partial charge is 0.370 e. The maximum atomic E-state index is 14.9. The average Bonchev–Trinajstić information content (AvgIpc) is 3.54. The number of rotatable bonds is 4. The van der Waals surface area contributed by atoms with Crippen LogP contribution in [0.2, 0.25) is 5.02 Å². The minimum absolute atomic E-state index is 0.0927. The van der Waals surface area contributed by atoms with Crippen LogP contribution in [0.4, 0.5) is 10.2 Å². The quantitative estimate of drug-likeness (QED) is 0.399. The van der Waals surface area contributed by atoms with Crippen molar-refractivity contribution in [3.8, 4) is 11.3 Å². The SMILES string of the molecule is Cc1ccc2c(-c3ccc(Cl)cc3F)nc(N3CCOC(c4cnn(C5CC5)c4)C3)cc2n1. The second kappa shape index (κ2) is 8.08. The van der Waals surface area contributed by atoms with Crippen molar-refractivity contribution in [1.82, 2.24) is 19.7 Å². The van der Waals surface area contributed by atoms with Gasteiger partial charge in [0, 0.05) is 52.6 Å². The Balaban J connectivity index is 1.39. The fourth-order valence-corrected chi connectivity index (χ4v) is 4.54. The minimum Gasteiger partial charge on any atom is -0.370 e. The van der Waals surface area contributed by atoms with Gasteiger partial charge in [-0.3, -0.25) is 9.67 Å². The molecular weight excluding hydrogens is 441 g/mol. The highest BCUT2D eigenvalue weighted by Gasteiger charge is 2.28. The molecule has 0 radical (unpaired) electrons. The van der Waals surface area contributed by atoms with Gasteiger partial charge in [-0.2, -0.15) is 5.10 Å². The predicted molar refractivity (Wildman–Crippen MR) is 126 cm³/mol. The van der Waals surface area contributed by atoms with E-state index in [0.29, 0.717) is 42.0 Å². The van der Waals surface area contributed by atoms with Crippen molar-refractivity contribution in [1.29, 1.82) is 0 Å². The van der Waals surface area contributed by atoms with Gasteiger partial charge >= 0.3 is 0 Å². The van der Waals surface area contributed by atoms with E-state index >= 15 is 0 Å². The number of pyridine rings is 2. The second-order valence-corrected chi connectivity index (χ2v) is 9.20. The molecule has 0 bridgehead atoms. The monoisotopic (exact) mass is 463 g/mol. The van der Waals surface area contributed by atoms with Crippen LogP contribution in [0.25, 0.3) is 22.2 Å².